The Morgan fingerprint density at radius 3 is 2.46 bits per heavy atom. The molecule has 0 aliphatic heterocycles. The number of benzene rings is 1. The lowest BCUT2D eigenvalue weighted by Crippen LogP contribution is -2.41. The predicted molar refractivity (Wildman–Crippen MR) is 108 cm³/mol. The van der Waals surface area contributed by atoms with Crippen molar-refractivity contribution in [1.82, 2.24) is 15.4 Å². The molecule has 0 saturated carbocycles. The van der Waals surface area contributed by atoms with Gasteiger partial charge in [-0.3, -0.25) is 4.99 Å². The topological polar surface area (TPSA) is 91.8 Å². The average molecular weight is 470 g/mol. The predicted octanol–water partition coefficient (Wildman–Crippen LogP) is 0.926. The number of nitrogens with zero attached hydrogens (tertiary/aromatic N) is 1. The number of sulfonamides is 1. The van der Waals surface area contributed by atoms with E-state index in [1.165, 1.54) is 0 Å². The number of guanidine groups is 1. The Hall–Kier alpha value is -0.910. The van der Waals surface area contributed by atoms with Gasteiger partial charge in [-0.25, -0.2) is 13.1 Å². The lowest BCUT2D eigenvalue weighted by Gasteiger charge is -2.12. The van der Waals surface area contributed by atoms with Gasteiger partial charge in [0, 0.05) is 40.4 Å². The second-order valence-electron chi connectivity index (χ2n) is 4.90. The number of rotatable bonds is 10. The molecule has 1 aromatic carbocycles. The third kappa shape index (κ3) is 10.8. The van der Waals surface area contributed by atoms with Gasteiger partial charge in [-0.05, 0) is 12.0 Å². The van der Waals surface area contributed by atoms with Gasteiger partial charge in [-0.15, -0.1) is 24.0 Å². The molecule has 0 bridgehead atoms. The van der Waals surface area contributed by atoms with Crippen molar-refractivity contribution in [3.05, 3.63) is 35.9 Å². The molecule has 0 aromatic heterocycles. The van der Waals surface area contributed by atoms with Gasteiger partial charge in [0.25, 0.3) is 0 Å². The highest BCUT2D eigenvalue weighted by atomic mass is 127. The van der Waals surface area contributed by atoms with Crippen LogP contribution in [-0.4, -0.2) is 54.0 Å². The van der Waals surface area contributed by atoms with E-state index >= 15 is 0 Å². The van der Waals surface area contributed by atoms with Crippen LogP contribution < -0.4 is 15.4 Å². The first kappa shape index (κ1) is 23.1. The van der Waals surface area contributed by atoms with Crippen LogP contribution in [-0.2, 0) is 21.3 Å². The Bertz CT molecular complexity index is 567. The number of nitrogens with one attached hydrogen (secondary N) is 3. The molecule has 1 rings (SSSR count). The second-order valence-corrected chi connectivity index (χ2v) is 6.82. The summed E-state index contributed by atoms with van der Waals surface area (Å²) in [4.78, 5) is 4.04. The summed E-state index contributed by atoms with van der Waals surface area (Å²) in [6, 6.07) is 9.42. The number of halogens is 1. The standard InChI is InChI=1S/C15H26N4O3S.HI/c1-16-15(17-9-6-11-22-2)18-10-12-23(20,21)19-13-14-7-4-3-5-8-14;/h3-5,7-8,19H,6,9-13H2,1-2H3,(H2,16,17,18);1H. The Kier molecular flexibility index (Phi) is 12.9. The van der Waals surface area contributed by atoms with Crippen molar-refractivity contribution in [1.29, 1.82) is 0 Å². The number of aliphatic imine (C=N–C) groups is 1. The SMILES string of the molecule is CN=C(NCCCOC)NCCS(=O)(=O)NCc1ccccc1.I. The third-order valence-electron chi connectivity index (χ3n) is 3.04. The summed E-state index contributed by atoms with van der Waals surface area (Å²) in [6.45, 7) is 1.97. The zero-order valence-corrected chi connectivity index (χ0v) is 17.3. The summed E-state index contributed by atoms with van der Waals surface area (Å²) < 4.78 is 31.4. The number of ether oxygens (including phenoxy) is 1. The van der Waals surface area contributed by atoms with E-state index in [1.807, 2.05) is 30.3 Å². The maximum atomic E-state index is 11.9. The summed E-state index contributed by atoms with van der Waals surface area (Å²) in [5.74, 6) is 0.567. The van der Waals surface area contributed by atoms with Crippen molar-refractivity contribution >= 4 is 40.0 Å². The van der Waals surface area contributed by atoms with Crippen molar-refractivity contribution in [3.63, 3.8) is 0 Å². The second kappa shape index (κ2) is 13.4. The van der Waals surface area contributed by atoms with E-state index in [2.05, 4.69) is 20.3 Å². The summed E-state index contributed by atoms with van der Waals surface area (Å²) in [6.07, 6.45) is 0.855. The van der Waals surface area contributed by atoms with Gasteiger partial charge in [0.2, 0.25) is 10.0 Å². The quantitative estimate of drug-likeness (QED) is 0.205. The molecule has 0 aliphatic rings. The number of hydrogen-bond acceptors (Lipinski definition) is 4. The average Bonchev–Trinajstić information content (AvgIpc) is 2.56. The van der Waals surface area contributed by atoms with Crippen LogP contribution in [0.4, 0.5) is 0 Å². The van der Waals surface area contributed by atoms with Gasteiger partial charge >= 0.3 is 0 Å². The molecule has 0 aliphatic carbocycles. The molecule has 7 nitrogen and oxygen atoms in total. The monoisotopic (exact) mass is 470 g/mol. The van der Waals surface area contributed by atoms with Crippen LogP contribution in [0.15, 0.2) is 35.3 Å². The molecule has 0 saturated heterocycles. The molecule has 0 unspecified atom stereocenters. The Morgan fingerprint density at radius 2 is 1.83 bits per heavy atom. The molecule has 1 aromatic rings. The van der Waals surface area contributed by atoms with Crippen LogP contribution in [0.1, 0.15) is 12.0 Å². The smallest absolute Gasteiger partial charge is 0.213 e. The van der Waals surface area contributed by atoms with Gasteiger partial charge < -0.3 is 15.4 Å². The van der Waals surface area contributed by atoms with E-state index in [0.29, 0.717) is 25.7 Å². The highest BCUT2D eigenvalue weighted by Crippen LogP contribution is 1.98. The Morgan fingerprint density at radius 1 is 1.17 bits per heavy atom. The van der Waals surface area contributed by atoms with E-state index < -0.39 is 10.0 Å². The van der Waals surface area contributed by atoms with Crippen LogP contribution in [0.5, 0.6) is 0 Å². The summed E-state index contributed by atoms with van der Waals surface area (Å²) in [7, 11) is -0.0283. The molecule has 138 valence electrons. The van der Waals surface area contributed by atoms with E-state index in [1.54, 1.807) is 14.2 Å². The molecule has 24 heavy (non-hydrogen) atoms. The Balaban J connectivity index is 0.00000529. The zero-order valence-electron chi connectivity index (χ0n) is 14.1. The molecule has 3 N–H and O–H groups in total. The van der Waals surface area contributed by atoms with Gasteiger partial charge in [0.1, 0.15) is 0 Å². The normalized spacial score (nSPS) is 11.7. The highest BCUT2D eigenvalue weighted by molar-refractivity contribution is 14.0. The number of methoxy groups -OCH3 is 1. The van der Waals surface area contributed by atoms with Gasteiger partial charge in [0.05, 0.1) is 5.75 Å². The van der Waals surface area contributed by atoms with Crippen LogP contribution in [0.3, 0.4) is 0 Å². The van der Waals surface area contributed by atoms with Crippen molar-refractivity contribution < 1.29 is 13.2 Å². The van der Waals surface area contributed by atoms with Gasteiger partial charge in [-0.1, -0.05) is 30.3 Å². The molecular formula is C15H27IN4O3S. The molecular weight excluding hydrogens is 443 g/mol. The van der Waals surface area contributed by atoms with E-state index in [9.17, 15) is 8.42 Å². The molecule has 0 amide bonds. The van der Waals surface area contributed by atoms with Gasteiger partial charge in [-0.2, -0.15) is 0 Å². The summed E-state index contributed by atoms with van der Waals surface area (Å²) in [5, 5.41) is 6.07. The summed E-state index contributed by atoms with van der Waals surface area (Å²) in [5.41, 5.74) is 0.930. The van der Waals surface area contributed by atoms with Gasteiger partial charge in [0.15, 0.2) is 5.96 Å². The molecule has 0 spiro atoms. The van der Waals surface area contributed by atoms with Crippen molar-refractivity contribution in [2.45, 2.75) is 13.0 Å². The fraction of sp³-hybridized carbons (Fsp3) is 0.533. The largest absolute Gasteiger partial charge is 0.385 e. The minimum atomic E-state index is -3.33. The first-order valence-electron chi connectivity index (χ1n) is 7.52. The maximum absolute atomic E-state index is 11.9. The number of hydrogen-bond donors (Lipinski definition) is 3. The zero-order chi connectivity index (χ0) is 17.0. The summed E-state index contributed by atoms with van der Waals surface area (Å²) >= 11 is 0. The lowest BCUT2D eigenvalue weighted by atomic mass is 10.2. The van der Waals surface area contributed by atoms with E-state index in [-0.39, 0.29) is 36.3 Å². The minimum absolute atomic E-state index is 0. The van der Waals surface area contributed by atoms with Crippen molar-refractivity contribution in [2.75, 3.05) is 39.6 Å². The molecule has 0 heterocycles. The van der Waals surface area contributed by atoms with E-state index in [4.69, 9.17) is 4.74 Å². The molecule has 0 atom stereocenters. The van der Waals surface area contributed by atoms with Crippen molar-refractivity contribution in [3.8, 4) is 0 Å². The van der Waals surface area contributed by atoms with Crippen LogP contribution in [0.2, 0.25) is 0 Å². The third-order valence-corrected chi connectivity index (χ3v) is 4.37. The first-order valence-corrected chi connectivity index (χ1v) is 9.17. The minimum Gasteiger partial charge on any atom is -0.385 e. The first-order chi connectivity index (χ1) is 11.1. The van der Waals surface area contributed by atoms with Crippen molar-refractivity contribution in [2.24, 2.45) is 4.99 Å². The lowest BCUT2D eigenvalue weighted by molar-refractivity contribution is 0.195. The molecule has 0 radical (unpaired) electrons. The van der Waals surface area contributed by atoms with Crippen LogP contribution in [0, 0.1) is 0 Å². The fourth-order valence-electron chi connectivity index (χ4n) is 1.81. The molecule has 9 heteroatoms. The van der Waals surface area contributed by atoms with Crippen LogP contribution in [0.25, 0.3) is 0 Å². The van der Waals surface area contributed by atoms with E-state index in [0.717, 1.165) is 12.0 Å². The molecule has 0 fully saturated rings. The highest BCUT2D eigenvalue weighted by Gasteiger charge is 2.10. The maximum Gasteiger partial charge on any atom is 0.213 e. The fourth-order valence-corrected chi connectivity index (χ4v) is 2.71. The Labute approximate surface area is 161 Å². The van der Waals surface area contributed by atoms with Crippen LogP contribution >= 0.6 is 24.0 Å².